The number of carbonyl (C=O) groups is 1. The molecule has 0 radical (unpaired) electrons. The Hall–Kier alpha value is -3.58. The minimum Gasteiger partial charge on any atom is -0.356 e. The van der Waals surface area contributed by atoms with Gasteiger partial charge in [0.2, 0.25) is 15.9 Å². The van der Waals surface area contributed by atoms with Gasteiger partial charge >= 0.3 is 0 Å². The van der Waals surface area contributed by atoms with E-state index in [-0.39, 0.29) is 5.91 Å². The van der Waals surface area contributed by atoms with Crippen LogP contribution in [-0.2, 0) is 14.8 Å². The summed E-state index contributed by atoms with van der Waals surface area (Å²) < 4.78 is 24.8. The number of amides is 1. The van der Waals surface area contributed by atoms with Gasteiger partial charge < -0.3 is 10.6 Å². The summed E-state index contributed by atoms with van der Waals surface area (Å²) in [4.78, 5) is 12.1. The number of para-hydroxylation sites is 1. The smallest absolute Gasteiger partial charge is 0.248 e. The second-order valence-electron chi connectivity index (χ2n) is 6.39. The molecule has 3 N–H and O–H groups in total. The molecule has 3 rings (SSSR count). The van der Waals surface area contributed by atoms with Gasteiger partial charge in [0, 0.05) is 28.8 Å². The predicted octanol–water partition coefficient (Wildman–Crippen LogP) is 4.45. The quantitative estimate of drug-likeness (QED) is 0.505. The molecular weight excluding hydrogens is 386 g/mol. The van der Waals surface area contributed by atoms with Crippen molar-refractivity contribution in [2.75, 3.05) is 21.6 Å². The van der Waals surface area contributed by atoms with E-state index in [0.29, 0.717) is 11.4 Å². The fourth-order valence-corrected chi connectivity index (χ4v) is 3.12. The summed E-state index contributed by atoms with van der Waals surface area (Å²) in [5, 5.41) is 6.08. The fraction of sp³-hybridized carbons (Fsp3) is 0.0455. The van der Waals surface area contributed by atoms with E-state index in [1.165, 1.54) is 6.08 Å². The topological polar surface area (TPSA) is 87.3 Å². The highest BCUT2D eigenvalue weighted by Gasteiger charge is 2.02. The van der Waals surface area contributed by atoms with Gasteiger partial charge in [-0.1, -0.05) is 30.3 Å². The molecule has 0 aliphatic carbocycles. The Balaban J connectivity index is 1.54. The molecule has 1 amide bonds. The third-order valence-corrected chi connectivity index (χ3v) is 4.46. The highest BCUT2D eigenvalue weighted by molar-refractivity contribution is 7.92. The van der Waals surface area contributed by atoms with Crippen molar-refractivity contribution >= 4 is 44.8 Å². The number of benzene rings is 3. The summed E-state index contributed by atoms with van der Waals surface area (Å²) in [6.45, 7) is 0. The molecule has 0 aliphatic heterocycles. The average Bonchev–Trinajstić information content (AvgIpc) is 2.69. The molecule has 148 valence electrons. The van der Waals surface area contributed by atoms with Gasteiger partial charge in [0.25, 0.3) is 0 Å². The number of nitrogens with one attached hydrogen (secondary N) is 3. The van der Waals surface area contributed by atoms with Crippen molar-refractivity contribution in [3.63, 3.8) is 0 Å². The lowest BCUT2D eigenvalue weighted by molar-refractivity contribution is -0.111. The predicted molar refractivity (Wildman–Crippen MR) is 119 cm³/mol. The molecule has 0 aromatic heterocycles. The molecular formula is C22H21N3O3S. The molecule has 0 spiro atoms. The van der Waals surface area contributed by atoms with Crippen molar-refractivity contribution in [3.05, 3.63) is 90.5 Å². The van der Waals surface area contributed by atoms with Crippen LogP contribution in [0.1, 0.15) is 5.56 Å². The molecule has 3 aromatic rings. The van der Waals surface area contributed by atoms with E-state index in [9.17, 15) is 13.2 Å². The van der Waals surface area contributed by atoms with E-state index in [2.05, 4.69) is 15.4 Å². The zero-order valence-electron chi connectivity index (χ0n) is 15.8. The van der Waals surface area contributed by atoms with Crippen molar-refractivity contribution in [2.24, 2.45) is 0 Å². The zero-order valence-corrected chi connectivity index (χ0v) is 16.6. The Kier molecular flexibility index (Phi) is 6.31. The standard InChI is InChI=1S/C22H21N3O3S/c1-29(27,28)25-21-10-7-17(8-11-21)9-16-22(26)24-20-14-12-19(13-15-20)23-18-5-3-2-4-6-18/h2-16,23,25H,1H3,(H,24,26)/b16-9+. The van der Waals surface area contributed by atoms with E-state index in [0.717, 1.165) is 23.2 Å². The first kappa shape index (κ1) is 20.2. The number of rotatable bonds is 7. The molecule has 3 aromatic carbocycles. The summed E-state index contributed by atoms with van der Waals surface area (Å²) in [7, 11) is -3.31. The van der Waals surface area contributed by atoms with Crippen LogP contribution in [0.4, 0.5) is 22.7 Å². The van der Waals surface area contributed by atoms with Gasteiger partial charge in [-0.05, 0) is 60.2 Å². The van der Waals surface area contributed by atoms with Gasteiger partial charge in [-0.2, -0.15) is 0 Å². The minimum absolute atomic E-state index is 0.257. The summed E-state index contributed by atoms with van der Waals surface area (Å²) in [6.07, 6.45) is 4.18. The molecule has 0 bridgehead atoms. The number of hydrogen-bond donors (Lipinski definition) is 3. The summed E-state index contributed by atoms with van der Waals surface area (Å²) in [6, 6.07) is 24.0. The molecule has 29 heavy (non-hydrogen) atoms. The molecule has 0 saturated carbocycles. The van der Waals surface area contributed by atoms with Gasteiger partial charge in [-0.25, -0.2) is 8.42 Å². The molecule has 0 unspecified atom stereocenters. The molecule has 6 nitrogen and oxygen atoms in total. The third-order valence-electron chi connectivity index (χ3n) is 3.86. The van der Waals surface area contributed by atoms with Gasteiger partial charge in [-0.15, -0.1) is 0 Å². The first-order valence-electron chi connectivity index (χ1n) is 8.86. The van der Waals surface area contributed by atoms with Gasteiger partial charge in [0.15, 0.2) is 0 Å². The number of hydrogen-bond acceptors (Lipinski definition) is 4. The largest absolute Gasteiger partial charge is 0.356 e. The maximum atomic E-state index is 12.1. The molecule has 0 aliphatic rings. The van der Waals surface area contributed by atoms with E-state index in [4.69, 9.17) is 0 Å². The van der Waals surface area contributed by atoms with Crippen LogP contribution >= 0.6 is 0 Å². The highest BCUT2D eigenvalue weighted by Crippen LogP contribution is 2.19. The van der Waals surface area contributed by atoms with Crippen LogP contribution in [-0.4, -0.2) is 20.6 Å². The molecule has 0 atom stereocenters. The normalized spacial score (nSPS) is 11.2. The number of sulfonamides is 1. The lowest BCUT2D eigenvalue weighted by Gasteiger charge is -2.08. The highest BCUT2D eigenvalue weighted by atomic mass is 32.2. The maximum Gasteiger partial charge on any atom is 0.248 e. The van der Waals surface area contributed by atoms with E-state index in [1.54, 1.807) is 30.3 Å². The Morgan fingerprint density at radius 3 is 1.93 bits per heavy atom. The Morgan fingerprint density at radius 2 is 1.31 bits per heavy atom. The van der Waals surface area contributed by atoms with E-state index in [1.807, 2.05) is 54.6 Å². The van der Waals surface area contributed by atoms with Crippen LogP contribution in [0.2, 0.25) is 0 Å². The van der Waals surface area contributed by atoms with Gasteiger partial charge in [0.1, 0.15) is 0 Å². The second-order valence-corrected chi connectivity index (χ2v) is 8.14. The SMILES string of the molecule is CS(=O)(=O)Nc1ccc(/C=C/C(=O)Nc2ccc(Nc3ccccc3)cc2)cc1. The summed E-state index contributed by atoms with van der Waals surface area (Å²) in [5.74, 6) is -0.257. The van der Waals surface area contributed by atoms with Crippen molar-refractivity contribution in [3.8, 4) is 0 Å². The van der Waals surface area contributed by atoms with Crippen molar-refractivity contribution in [1.82, 2.24) is 0 Å². The van der Waals surface area contributed by atoms with Crippen molar-refractivity contribution in [1.29, 1.82) is 0 Å². The van der Waals surface area contributed by atoms with Crippen LogP contribution in [0, 0.1) is 0 Å². The average molecular weight is 407 g/mol. The molecule has 0 heterocycles. The van der Waals surface area contributed by atoms with Crippen LogP contribution < -0.4 is 15.4 Å². The monoisotopic (exact) mass is 407 g/mol. The summed E-state index contributed by atoms with van der Waals surface area (Å²) >= 11 is 0. The second kappa shape index (κ2) is 9.07. The number of carbonyl (C=O) groups excluding carboxylic acids is 1. The third kappa shape index (κ3) is 6.82. The van der Waals surface area contributed by atoms with Crippen LogP contribution in [0.3, 0.4) is 0 Å². The minimum atomic E-state index is -3.31. The molecule has 0 fully saturated rings. The lowest BCUT2D eigenvalue weighted by Crippen LogP contribution is -2.09. The number of anilines is 4. The molecule has 7 heteroatoms. The Morgan fingerprint density at radius 1 is 0.759 bits per heavy atom. The van der Waals surface area contributed by atoms with Crippen LogP contribution in [0.5, 0.6) is 0 Å². The lowest BCUT2D eigenvalue weighted by atomic mass is 10.2. The van der Waals surface area contributed by atoms with E-state index >= 15 is 0 Å². The van der Waals surface area contributed by atoms with Crippen LogP contribution in [0.15, 0.2) is 84.9 Å². The first-order valence-corrected chi connectivity index (χ1v) is 10.8. The maximum absolute atomic E-state index is 12.1. The Labute approximate surface area is 170 Å². The van der Waals surface area contributed by atoms with Gasteiger partial charge in [-0.3, -0.25) is 9.52 Å². The first-order chi connectivity index (χ1) is 13.9. The molecule has 0 saturated heterocycles. The van der Waals surface area contributed by atoms with Crippen LogP contribution in [0.25, 0.3) is 6.08 Å². The van der Waals surface area contributed by atoms with Crippen molar-refractivity contribution in [2.45, 2.75) is 0 Å². The van der Waals surface area contributed by atoms with Gasteiger partial charge in [0.05, 0.1) is 6.26 Å². The van der Waals surface area contributed by atoms with E-state index < -0.39 is 10.0 Å². The zero-order chi connectivity index (χ0) is 20.7. The summed E-state index contributed by atoms with van der Waals surface area (Å²) in [5.41, 5.74) is 3.85. The Bertz CT molecular complexity index is 1090. The van der Waals surface area contributed by atoms with Crippen molar-refractivity contribution < 1.29 is 13.2 Å². The fourth-order valence-electron chi connectivity index (χ4n) is 2.56.